The van der Waals surface area contributed by atoms with Gasteiger partial charge in [-0.3, -0.25) is 9.10 Å². The van der Waals surface area contributed by atoms with Gasteiger partial charge in [0, 0.05) is 6.42 Å². The highest BCUT2D eigenvalue weighted by Crippen LogP contribution is 2.40. The average molecular weight is 485 g/mol. The summed E-state index contributed by atoms with van der Waals surface area (Å²) < 4.78 is 40.2. The maximum Gasteiger partial charge on any atom is 0.310 e. The second-order valence-corrected chi connectivity index (χ2v) is 12.2. The smallest absolute Gasteiger partial charge is 0.310 e. The molecule has 0 spiro atoms. The number of ether oxygens (including phenoxy) is 2. The van der Waals surface area contributed by atoms with Crippen LogP contribution in [0.15, 0.2) is 47.4 Å². The zero-order valence-electron chi connectivity index (χ0n) is 20.6. The van der Waals surface area contributed by atoms with Crippen molar-refractivity contribution in [3.63, 3.8) is 0 Å². The molecule has 0 amide bonds. The van der Waals surface area contributed by atoms with Crippen LogP contribution < -0.4 is 9.04 Å². The Labute approximate surface area is 202 Å². The lowest BCUT2D eigenvalue weighted by molar-refractivity contribution is -0.153. The van der Waals surface area contributed by atoms with Gasteiger partial charge in [-0.05, 0) is 71.4 Å². The Hall–Kier alpha value is -3.05. The summed E-state index contributed by atoms with van der Waals surface area (Å²) in [5.41, 5.74) is 0.646. The van der Waals surface area contributed by atoms with Gasteiger partial charge in [-0.25, -0.2) is 8.42 Å². The van der Waals surface area contributed by atoms with Gasteiger partial charge in [-0.1, -0.05) is 23.8 Å². The topological polar surface area (TPSA) is 96.7 Å². The maximum absolute atomic E-state index is 13.7. The number of hydrogen-bond acceptors (Lipinski definition) is 6. The van der Waals surface area contributed by atoms with E-state index < -0.39 is 33.1 Å². The number of nitrogens with zero attached hydrogens (tertiary/aromatic N) is 2. The van der Waals surface area contributed by atoms with Crippen molar-refractivity contribution in [1.82, 2.24) is 0 Å². The molecule has 2 aromatic rings. The Bertz CT molecular complexity index is 1210. The summed E-state index contributed by atoms with van der Waals surface area (Å²) in [6.07, 6.45) is -0.129. The Morgan fingerprint density at radius 2 is 1.79 bits per heavy atom. The van der Waals surface area contributed by atoms with Crippen molar-refractivity contribution in [2.45, 2.75) is 71.0 Å². The summed E-state index contributed by atoms with van der Waals surface area (Å²) in [6.45, 7) is 10.9. The van der Waals surface area contributed by atoms with Crippen LogP contribution in [0.25, 0.3) is 0 Å². The predicted octanol–water partition coefficient (Wildman–Crippen LogP) is 4.78. The van der Waals surface area contributed by atoms with E-state index in [1.807, 2.05) is 6.92 Å². The highest BCUT2D eigenvalue weighted by Gasteiger charge is 2.37. The van der Waals surface area contributed by atoms with Crippen molar-refractivity contribution in [1.29, 1.82) is 5.26 Å². The van der Waals surface area contributed by atoms with Crippen LogP contribution >= 0.6 is 0 Å². The number of anilines is 1. The van der Waals surface area contributed by atoms with E-state index in [-0.39, 0.29) is 17.9 Å². The fourth-order valence-corrected chi connectivity index (χ4v) is 5.30. The van der Waals surface area contributed by atoms with E-state index in [2.05, 4.69) is 6.07 Å². The lowest BCUT2D eigenvalue weighted by Gasteiger charge is -2.37. The first-order chi connectivity index (χ1) is 15.7. The summed E-state index contributed by atoms with van der Waals surface area (Å²) in [5, 5.41) is 9.47. The molecular weight excluding hydrogens is 452 g/mol. The first-order valence-electron chi connectivity index (χ1n) is 11.2. The molecule has 34 heavy (non-hydrogen) atoms. The fraction of sp³-hybridized carbons (Fsp3) is 0.462. The quantitative estimate of drug-likeness (QED) is 0.548. The van der Waals surface area contributed by atoms with Gasteiger partial charge in [0.05, 0.1) is 35.0 Å². The van der Waals surface area contributed by atoms with E-state index in [1.165, 1.54) is 4.31 Å². The molecule has 1 aliphatic rings. The molecule has 0 unspecified atom stereocenters. The number of hydrogen-bond donors (Lipinski definition) is 0. The van der Waals surface area contributed by atoms with Crippen LogP contribution in [-0.2, 0) is 26.0 Å². The normalized spacial score (nSPS) is 16.3. The number of aryl methyl sites for hydroxylation is 1. The van der Waals surface area contributed by atoms with Gasteiger partial charge in [0.1, 0.15) is 17.5 Å². The van der Waals surface area contributed by atoms with Crippen LogP contribution in [0.4, 0.5) is 5.69 Å². The highest BCUT2D eigenvalue weighted by atomic mass is 32.2. The lowest BCUT2D eigenvalue weighted by Crippen LogP contribution is -2.45. The van der Waals surface area contributed by atoms with Crippen molar-refractivity contribution in [2.24, 2.45) is 5.41 Å². The molecule has 1 heterocycles. The van der Waals surface area contributed by atoms with Crippen LogP contribution in [-0.4, -0.2) is 32.6 Å². The molecule has 182 valence electrons. The third kappa shape index (κ3) is 6.09. The molecule has 1 atom stereocenters. The van der Waals surface area contributed by atoms with Gasteiger partial charge in [0.25, 0.3) is 10.0 Å². The van der Waals surface area contributed by atoms with Crippen LogP contribution in [0.2, 0.25) is 0 Å². The van der Waals surface area contributed by atoms with Crippen LogP contribution in [0, 0.1) is 23.7 Å². The molecule has 7 nitrogen and oxygen atoms in total. The minimum absolute atomic E-state index is 0.00780. The first-order valence-corrected chi connectivity index (χ1v) is 12.7. The number of sulfonamides is 1. The molecule has 1 aliphatic heterocycles. The van der Waals surface area contributed by atoms with E-state index in [0.29, 0.717) is 23.4 Å². The molecule has 2 aromatic carbocycles. The monoisotopic (exact) mass is 484 g/mol. The van der Waals surface area contributed by atoms with Crippen molar-refractivity contribution in [3.05, 3.63) is 53.6 Å². The second kappa shape index (κ2) is 9.30. The minimum atomic E-state index is -3.91. The van der Waals surface area contributed by atoms with E-state index in [1.54, 1.807) is 77.1 Å². The zero-order chi connectivity index (χ0) is 25.3. The third-order valence-electron chi connectivity index (χ3n) is 5.37. The van der Waals surface area contributed by atoms with E-state index >= 15 is 0 Å². The number of carbonyl (C=O) groups is 1. The van der Waals surface area contributed by atoms with Crippen molar-refractivity contribution < 1.29 is 22.7 Å². The van der Waals surface area contributed by atoms with E-state index in [0.717, 1.165) is 5.56 Å². The highest BCUT2D eigenvalue weighted by molar-refractivity contribution is 7.92. The van der Waals surface area contributed by atoms with Gasteiger partial charge in [-0.2, -0.15) is 5.26 Å². The van der Waals surface area contributed by atoms with Gasteiger partial charge < -0.3 is 9.47 Å². The summed E-state index contributed by atoms with van der Waals surface area (Å²) in [4.78, 5) is 12.5. The Morgan fingerprint density at radius 1 is 1.15 bits per heavy atom. The lowest BCUT2D eigenvalue weighted by atomic mass is 9.88. The number of rotatable bonds is 6. The number of nitriles is 1. The van der Waals surface area contributed by atoms with Crippen LogP contribution in [0.1, 0.15) is 52.2 Å². The number of fused-ring (bicyclic) bond motifs is 1. The summed E-state index contributed by atoms with van der Waals surface area (Å²) in [7, 11) is -3.91. The van der Waals surface area contributed by atoms with Gasteiger partial charge in [-0.15, -0.1) is 0 Å². The number of benzene rings is 2. The molecule has 0 saturated carbocycles. The molecule has 0 aliphatic carbocycles. The van der Waals surface area contributed by atoms with Gasteiger partial charge >= 0.3 is 5.97 Å². The molecule has 8 heteroatoms. The first kappa shape index (κ1) is 25.6. The Kier molecular flexibility index (Phi) is 6.99. The average Bonchev–Trinajstić information content (AvgIpc) is 2.72. The molecule has 3 rings (SSSR count). The molecule has 0 N–H and O–H groups in total. The molecule has 0 radical (unpaired) electrons. The Balaban J connectivity index is 2.01. The minimum Gasteiger partial charge on any atom is -0.486 e. The van der Waals surface area contributed by atoms with Gasteiger partial charge in [0.2, 0.25) is 0 Å². The molecule has 0 saturated heterocycles. The predicted molar refractivity (Wildman–Crippen MR) is 130 cm³/mol. The SMILES string of the molecule is Cc1ccc(S(=O)(=O)N2C[C@@H](CC(C)(C)C#N)Oc3ccc(CC(=O)OC(C)(C)C)cc32)cc1. The molecule has 0 fully saturated rings. The van der Waals surface area contributed by atoms with E-state index in [9.17, 15) is 18.5 Å². The van der Waals surface area contributed by atoms with E-state index in [4.69, 9.17) is 9.47 Å². The molecular formula is C26H32N2O5S. The van der Waals surface area contributed by atoms with Crippen molar-refractivity contribution in [2.75, 3.05) is 10.8 Å². The van der Waals surface area contributed by atoms with Crippen molar-refractivity contribution in [3.8, 4) is 11.8 Å². The number of esters is 1. The third-order valence-corrected chi connectivity index (χ3v) is 7.17. The molecule has 0 aromatic heterocycles. The largest absolute Gasteiger partial charge is 0.486 e. The van der Waals surface area contributed by atoms with Crippen LogP contribution in [0.5, 0.6) is 5.75 Å². The van der Waals surface area contributed by atoms with Crippen LogP contribution in [0.3, 0.4) is 0 Å². The fourth-order valence-electron chi connectivity index (χ4n) is 3.80. The Morgan fingerprint density at radius 3 is 2.38 bits per heavy atom. The van der Waals surface area contributed by atoms with Gasteiger partial charge in [0.15, 0.2) is 0 Å². The van der Waals surface area contributed by atoms with Crippen molar-refractivity contribution >= 4 is 21.7 Å². The second-order valence-electron chi connectivity index (χ2n) is 10.4. The summed E-state index contributed by atoms with van der Waals surface area (Å²) in [6, 6.07) is 14.0. The standard InChI is InChI=1S/C26H32N2O5S/c1-18-7-10-21(11-8-18)34(30,31)28-16-20(15-26(5,6)17-27)32-23-12-9-19(13-22(23)28)14-24(29)33-25(2,3)4/h7-13,20H,14-16H2,1-6H3/t20-/m1/s1. The zero-order valence-corrected chi connectivity index (χ0v) is 21.4. The number of carbonyl (C=O) groups excluding carboxylic acids is 1. The maximum atomic E-state index is 13.7. The summed E-state index contributed by atoms with van der Waals surface area (Å²) in [5.74, 6) is -0.000573. The molecule has 0 bridgehead atoms. The summed E-state index contributed by atoms with van der Waals surface area (Å²) >= 11 is 0.